The molecule has 1 aliphatic rings. The molecule has 0 radical (unpaired) electrons. The number of halogens is 2. The maximum absolute atomic E-state index is 5.76. The van der Waals surface area contributed by atoms with Crippen LogP contribution in [0, 0.1) is 5.92 Å². The minimum atomic E-state index is 0. The summed E-state index contributed by atoms with van der Waals surface area (Å²) in [6.07, 6.45) is 4.43. The quantitative estimate of drug-likeness (QED) is 0.890. The highest BCUT2D eigenvalue weighted by Crippen LogP contribution is 2.17. The minimum Gasteiger partial charge on any atom is -0.317 e. The standard InChI is InChI=1S/C10H16ClN3S.ClH/c11-10-14-7-9(15-10)6-13-5-8-1-3-12-4-2-8;/h7-8,12-13H,1-6H2;1H. The molecule has 0 aliphatic carbocycles. The molecule has 1 saturated heterocycles. The van der Waals surface area contributed by atoms with Gasteiger partial charge in [-0.3, -0.25) is 0 Å². The number of nitrogens with one attached hydrogen (secondary N) is 2. The molecule has 0 saturated carbocycles. The molecule has 0 amide bonds. The van der Waals surface area contributed by atoms with Gasteiger partial charge in [0.15, 0.2) is 4.47 Å². The molecule has 0 aromatic carbocycles. The van der Waals surface area contributed by atoms with E-state index in [1.54, 1.807) is 11.3 Å². The lowest BCUT2D eigenvalue weighted by molar-refractivity contribution is 0.357. The first-order valence-corrected chi connectivity index (χ1v) is 6.55. The molecule has 2 heterocycles. The Morgan fingerprint density at radius 1 is 1.50 bits per heavy atom. The van der Waals surface area contributed by atoms with Gasteiger partial charge in [-0.1, -0.05) is 11.6 Å². The summed E-state index contributed by atoms with van der Waals surface area (Å²) in [5, 5.41) is 6.84. The van der Waals surface area contributed by atoms with Gasteiger partial charge in [0.25, 0.3) is 0 Å². The van der Waals surface area contributed by atoms with Gasteiger partial charge >= 0.3 is 0 Å². The number of thiazole rings is 1. The molecule has 0 atom stereocenters. The van der Waals surface area contributed by atoms with Gasteiger partial charge in [-0.2, -0.15) is 0 Å². The van der Waals surface area contributed by atoms with Crippen molar-refractivity contribution in [1.82, 2.24) is 15.6 Å². The molecule has 3 nitrogen and oxygen atoms in total. The van der Waals surface area contributed by atoms with Crippen molar-refractivity contribution >= 4 is 35.3 Å². The third-order valence-corrected chi connectivity index (χ3v) is 3.83. The molecule has 1 aromatic heterocycles. The predicted octanol–water partition coefficient (Wildman–Crippen LogP) is 2.31. The van der Waals surface area contributed by atoms with Gasteiger partial charge in [-0.05, 0) is 38.4 Å². The van der Waals surface area contributed by atoms with Crippen molar-refractivity contribution < 1.29 is 0 Å². The Hall–Kier alpha value is 0.130. The summed E-state index contributed by atoms with van der Waals surface area (Å²) in [6, 6.07) is 0. The number of hydrogen-bond donors (Lipinski definition) is 2. The summed E-state index contributed by atoms with van der Waals surface area (Å²) < 4.78 is 0.633. The number of piperidine rings is 1. The third-order valence-electron chi connectivity index (χ3n) is 2.72. The fourth-order valence-electron chi connectivity index (χ4n) is 1.85. The molecule has 92 valence electrons. The van der Waals surface area contributed by atoms with Crippen LogP contribution in [0.5, 0.6) is 0 Å². The zero-order chi connectivity index (χ0) is 10.5. The van der Waals surface area contributed by atoms with E-state index in [1.165, 1.54) is 30.8 Å². The van der Waals surface area contributed by atoms with Gasteiger partial charge in [0, 0.05) is 17.6 Å². The van der Waals surface area contributed by atoms with E-state index in [9.17, 15) is 0 Å². The lowest BCUT2D eigenvalue weighted by Gasteiger charge is -2.22. The van der Waals surface area contributed by atoms with Gasteiger partial charge in [0.2, 0.25) is 0 Å². The van der Waals surface area contributed by atoms with Crippen LogP contribution in [0.1, 0.15) is 17.7 Å². The summed E-state index contributed by atoms with van der Waals surface area (Å²) >= 11 is 7.31. The molecule has 0 unspecified atom stereocenters. The van der Waals surface area contributed by atoms with Gasteiger partial charge in [-0.15, -0.1) is 23.7 Å². The van der Waals surface area contributed by atoms with Gasteiger partial charge in [0.1, 0.15) is 0 Å². The van der Waals surface area contributed by atoms with Crippen LogP contribution in [0.25, 0.3) is 0 Å². The third kappa shape index (κ3) is 4.55. The molecular weight excluding hydrogens is 265 g/mol. The summed E-state index contributed by atoms with van der Waals surface area (Å²) in [4.78, 5) is 5.23. The number of rotatable bonds is 4. The smallest absolute Gasteiger partial charge is 0.183 e. The van der Waals surface area contributed by atoms with Crippen molar-refractivity contribution in [1.29, 1.82) is 0 Å². The van der Waals surface area contributed by atoms with Crippen LogP contribution in [0.2, 0.25) is 4.47 Å². The van der Waals surface area contributed by atoms with E-state index >= 15 is 0 Å². The highest BCUT2D eigenvalue weighted by molar-refractivity contribution is 7.15. The summed E-state index contributed by atoms with van der Waals surface area (Å²) in [5.74, 6) is 0.828. The van der Waals surface area contributed by atoms with Crippen LogP contribution in [0.15, 0.2) is 6.20 Å². The predicted molar refractivity (Wildman–Crippen MR) is 71.7 cm³/mol. The normalized spacial score (nSPS) is 17.1. The van der Waals surface area contributed by atoms with E-state index in [2.05, 4.69) is 15.6 Å². The second-order valence-corrected chi connectivity index (χ2v) is 5.60. The van der Waals surface area contributed by atoms with E-state index < -0.39 is 0 Å². The van der Waals surface area contributed by atoms with Crippen molar-refractivity contribution in [2.45, 2.75) is 19.4 Å². The van der Waals surface area contributed by atoms with Crippen molar-refractivity contribution in [3.63, 3.8) is 0 Å². The Morgan fingerprint density at radius 3 is 2.88 bits per heavy atom. The minimum absolute atomic E-state index is 0. The van der Waals surface area contributed by atoms with E-state index in [1.807, 2.05) is 6.20 Å². The van der Waals surface area contributed by atoms with Crippen LogP contribution in [0.3, 0.4) is 0 Å². The Labute approximate surface area is 111 Å². The number of aromatic nitrogens is 1. The van der Waals surface area contributed by atoms with Crippen LogP contribution in [-0.2, 0) is 6.54 Å². The average Bonchev–Trinajstić information content (AvgIpc) is 2.66. The molecule has 1 aromatic rings. The Balaban J connectivity index is 0.00000128. The van der Waals surface area contributed by atoms with Crippen LogP contribution in [-0.4, -0.2) is 24.6 Å². The zero-order valence-corrected chi connectivity index (χ0v) is 11.4. The maximum Gasteiger partial charge on any atom is 0.183 e. The second kappa shape index (κ2) is 7.45. The topological polar surface area (TPSA) is 37.0 Å². The first kappa shape index (κ1) is 14.2. The fraction of sp³-hybridized carbons (Fsp3) is 0.700. The van der Waals surface area contributed by atoms with E-state index in [-0.39, 0.29) is 12.4 Å². The van der Waals surface area contributed by atoms with Crippen molar-refractivity contribution in [2.24, 2.45) is 5.92 Å². The average molecular weight is 282 g/mol. The maximum atomic E-state index is 5.76. The van der Waals surface area contributed by atoms with Crippen LogP contribution in [0.4, 0.5) is 0 Å². The molecular formula is C10H17Cl2N3S. The van der Waals surface area contributed by atoms with E-state index in [0.717, 1.165) is 19.0 Å². The number of hydrogen-bond acceptors (Lipinski definition) is 4. The summed E-state index contributed by atoms with van der Waals surface area (Å²) in [7, 11) is 0. The second-order valence-electron chi connectivity index (χ2n) is 3.90. The Kier molecular flexibility index (Phi) is 6.61. The Bertz CT molecular complexity index is 300. The molecule has 2 N–H and O–H groups in total. The molecule has 0 bridgehead atoms. The van der Waals surface area contributed by atoms with E-state index in [0.29, 0.717) is 4.47 Å². The summed E-state index contributed by atoms with van der Waals surface area (Å²) in [5.41, 5.74) is 0. The van der Waals surface area contributed by atoms with Crippen molar-refractivity contribution in [3.05, 3.63) is 15.5 Å². The SMILES string of the molecule is Cl.Clc1ncc(CNCC2CCNCC2)s1. The molecule has 1 aliphatic heterocycles. The first-order valence-electron chi connectivity index (χ1n) is 5.36. The largest absolute Gasteiger partial charge is 0.317 e. The molecule has 1 fully saturated rings. The molecule has 2 rings (SSSR count). The van der Waals surface area contributed by atoms with Gasteiger partial charge in [0.05, 0.1) is 0 Å². The summed E-state index contributed by atoms with van der Waals surface area (Å²) in [6.45, 7) is 4.34. The molecule has 0 spiro atoms. The fourth-order valence-corrected chi connectivity index (χ4v) is 2.80. The molecule has 6 heteroatoms. The lowest BCUT2D eigenvalue weighted by atomic mass is 9.98. The monoisotopic (exact) mass is 281 g/mol. The van der Waals surface area contributed by atoms with Crippen LogP contribution < -0.4 is 10.6 Å². The van der Waals surface area contributed by atoms with Crippen LogP contribution >= 0.6 is 35.3 Å². The number of nitrogens with zero attached hydrogens (tertiary/aromatic N) is 1. The highest BCUT2D eigenvalue weighted by Gasteiger charge is 2.12. The highest BCUT2D eigenvalue weighted by atomic mass is 35.5. The zero-order valence-electron chi connectivity index (χ0n) is 9.04. The van der Waals surface area contributed by atoms with Gasteiger partial charge < -0.3 is 10.6 Å². The lowest BCUT2D eigenvalue weighted by Crippen LogP contribution is -2.33. The van der Waals surface area contributed by atoms with E-state index in [4.69, 9.17) is 11.6 Å². The van der Waals surface area contributed by atoms with Crippen molar-refractivity contribution in [3.8, 4) is 0 Å². The van der Waals surface area contributed by atoms with Gasteiger partial charge in [-0.25, -0.2) is 4.98 Å². The first-order chi connectivity index (χ1) is 7.34. The Morgan fingerprint density at radius 2 is 2.25 bits per heavy atom. The molecule has 16 heavy (non-hydrogen) atoms. The van der Waals surface area contributed by atoms with Crippen molar-refractivity contribution in [2.75, 3.05) is 19.6 Å².